The van der Waals surface area contributed by atoms with Crippen LogP contribution in [0.5, 0.6) is 0 Å². The van der Waals surface area contributed by atoms with E-state index in [-0.39, 0.29) is 24.8 Å². The third kappa shape index (κ3) is 9.87. The van der Waals surface area contributed by atoms with Gasteiger partial charge in [-0.1, -0.05) is 42.8 Å². The Morgan fingerprint density at radius 1 is 0.651 bits per heavy atom. The van der Waals surface area contributed by atoms with Crippen molar-refractivity contribution < 1.29 is 49.0 Å². The molecule has 0 aliphatic rings. The normalized spacial score (nSPS) is 10.3. The first kappa shape index (κ1) is 36.4. The summed E-state index contributed by atoms with van der Waals surface area (Å²) in [7, 11) is 0. The minimum absolute atomic E-state index is 0. The SMILES string of the molecule is CCc1ccc2c(c1)[cH-]c1cc(N(C(C)C)C(C)C)ccc12.[Cl-].[Cl-].[Zr+2]=[C](c1ccccc1)c1ccccc1.c1cc[cH-]c1. The average molecular weight is 686 g/mol. The molecule has 4 heteroatoms. The summed E-state index contributed by atoms with van der Waals surface area (Å²) >= 11 is 1.46. The molecule has 6 rings (SSSR count). The van der Waals surface area contributed by atoms with Crippen molar-refractivity contribution >= 4 is 30.4 Å². The van der Waals surface area contributed by atoms with E-state index in [1.165, 1.54) is 71.4 Å². The maximum atomic E-state index is 2.48. The number of fused-ring (bicyclic) bond motifs is 3. The first-order valence-corrected chi connectivity index (χ1v) is 15.9. The second-order valence-electron chi connectivity index (χ2n) is 10.9. The molecule has 0 unspecified atom stereocenters. The fourth-order valence-corrected chi connectivity index (χ4v) is 6.15. The first-order chi connectivity index (χ1) is 19.9. The summed E-state index contributed by atoms with van der Waals surface area (Å²) in [6.45, 7) is 11.3. The van der Waals surface area contributed by atoms with Crippen LogP contribution in [0.2, 0.25) is 0 Å². The van der Waals surface area contributed by atoms with Crippen LogP contribution in [0.1, 0.15) is 51.3 Å². The molecule has 0 bridgehead atoms. The van der Waals surface area contributed by atoms with Gasteiger partial charge in [-0.25, -0.2) is 12.1 Å². The van der Waals surface area contributed by atoms with E-state index in [9.17, 15) is 0 Å². The van der Waals surface area contributed by atoms with Crippen LogP contribution in [0, 0.1) is 0 Å². The van der Waals surface area contributed by atoms with Crippen molar-refractivity contribution in [3.63, 3.8) is 0 Å². The van der Waals surface area contributed by atoms with E-state index in [1.807, 2.05) is 30.3 Å². The Morgan fingerprint density at radius 2 is 1.14 bits per heavy atom. The second kappa shape index (κ2) is 18.1. The maximum Gasteiger partial charge on any atom is -0.172 e. The number of aryl methyl sites for hydroxylation is 1. The number of nitrogens with zero attached hydrogens (tertiary/aromatic N) is 1. The molecular weight excluding hydrogens is 645 g/mol. The van der Waals surface area contributed by atoms with E-state index in [0.717, 1.165) is 6.42 Å². The quantitative estimate of drug-likeness (QED) is 0.239. The van der Waals surface area contributed by atoms with Crippen molar-refractivity contribution in [2.24, 2.45) is 0 Å². The van der Waals surface area contributed by atoms with Crippen LogP contribution in [0.15, 0.2) is 133 Å². The Balaban J connectivity index is 0.000000263. The third-order valence-corrected chi connectivity index (χ3v) is 8.67. The van der Waals surface area contributed by atoms with Crippen LogP contribution in [-0.2, 0) is 30.7 Å². The number of rotatable bonds is 6. The predicted molar refractivity (Wildman–Crippen MR) is 177 cm³/mol. The van der Waals surface area contributed by atoms with Crippen molar-refractivity contribution in [3.05, 3.63) is 150 Å². The fourth-order valence-electron chi connectivity index (χ4n) is 5.33. The molecule has 43 heavy (non-hydrogen) atoms. The van der Waals surface area contributed by atoms with Gasteiger partial charge in [0, 0.05) is 17.8 Å². The van der Waals surface area contributed by atoms with Crippen molar-refractivity contribution in [2.45, 2.75) is 53.1 Å². The smallest absolute Gasteiger partial charge is 0.172 e. The molecule has 0 aliphatic carbocycles. The van der Waals surface area contributed by atoms with Crippen molar-refractivity contribution in [3.8, 4) is 0 Å². The van der Waals surface area contributed by atoms with Gasteiger partial charge in [0.1, 0.15) is 0 Å². The summed E-state index contributed by atoms with van der Waals surface area (Å²) in [6.07, 6.45) is 1.09. The van der Waals surface area contributed by atoms with Gasteiger partial charge in [0.25, 0.3) is 0 Å². The first-order valence-electron chi connectivity index (χ1n) is 14.7. The molecule has 0 heterocycles. The minimum Gasteiger partial charge on any atom is -0.214 e. The molecule has 0 atom stereocenters. The molecule has 0 spiro atoms. The summed E-state index contributed by atoms with van der Waals surface area (Å²) < 4.78 is 1.42. The van der Waals surface area contributed by atoms with Crippen LogP contribution in [0.4, 0.5) is 5.69 Å². The number of anilines is 1. The predicted octanol–water partition coefficient (Wildman–Crippen LogP) is 4.11. The third-order valence-electron chi connectivity index (χ3n) is 7.25. The number of halogens is 2. The molecule has 6 aromatic carbocycles. The Labute approximate surface area is 285 Å². The van der Waals surface area contributed by atoms with Crippen molar-refractivity contribution in [1.29, 1.82) is 0 Å². The van der Waals surface area contributed by atoms with Gasteiger partial charge in [0.15, 0.2) is 0 Å². The Bertz CT molecular complexity index is 1570. The summed E-state index contributed by atoms with van der Waals surface area (Å²) in [4.78, 5) is 2.48. The molecule has 0 radical (unpaired) electrons. The van der Waals surface area contributed by atoms with Gasteiger partial charge in [-0.05, 0) is 34.1 Å². The van der Waals surface area contributed by atoms with Crippen molar-refractivity contribution in [2.75, 3.05) is 4.90 Å². The molecule has 6 aromatic rings. The molecule has 0 saturated carbocycles. The zero-order chi connectivity index (χ0) is 29.2. The van der Waals surface area contributed by atoms with Crippen LogP contribution < -0.4 is 29.7 Å². The summed E-state index contributed by atoms with van der Waals surface area (Å²) in [6, 6.07) is 48.2. The zero-order valence-electron chi connectivity index (χ0n) is 25.8. The molecule has 222 valence electrons. The Hall–Kier alpha value is -2.77. The number of hydrogen-bond donors (Lipinski definition) is 0. The van der Waals surface area contributed by atoms with Gasteiger partial charge < -0.3 is 29.7 Å². The van der Waals surface area contributed by atoms with Crippen LogP contribution in [0.3, 0.4) is 0 Å². The molecule has 0 aliphatic heterocycles. The number of benzene rings is 4. The summed E-state index contributed by atoms with van der Waals surface area (Å²) in [5, 5.41) is 5.47. The molecule has 0 fully saturated rings. The summed E-state index contributed by atoms with van der Waals surface area (Å²) in [5.41, 5.74) is 5.39. The molecule has 0 saturated heterocycles. The fraction of sp³-hybridized carbons (Fsp3) is 0.205. The van der Waals surface area contributed by atoms with E-state index >= 15 is 0 Å². The molecule has 0 aromatic heterocycles. The maximum absolute atomic E-state index is 2.48. The van der Waals surface area contributed by atoms with Gasteiger partial charge in [-0.15, -0.1) is 33.7 Å². The standard InChI is InChI=1S/C21H26N.C13H10.C5H5.2ClH.Zr/c1-6-16-7-9-20-17(11-16)12-18-13-19(8-10-21(18)20)22(14(2)3)15(4)5;1-3-7-12(8-4-1)11-13-9-5-2-6-10-13;1-2-4-5-3-1;;;/h7-15H,6H2,1-5H3;1-10H;1-5H;2*1H;/q-1;;-1;;;+2/p-2. The minimum atomic E-state index is 0. The average Bonchev–Trinajstić information content (AvgIpc) is 3.69. The zero-order valence-corrected chi connectivity index (χ0v) is 29.7. The Morgan fingerprint density at radius 3 is 1.58 bits per heavy atom. The number of hydrogen-bond acceptors (Lipinski definition) is 1. The molecule has 1 nitrogen and oxygen atoms in total. The Kier molecular flexibility index (Phi) is 15.4. The van der Waals surface area contributed by atoms with Crippen molar-refractivity contribution in [1.82, 2.24) is 0 Å². The summed E-state index contributed by atoms with van der Waals surface area (Å²) in [5.74, 6) is 0. The van der Waals surface area contributed by atoms with Gasteiger partial charge in [-0.3, -0.25) is 0 Å². The molecule has 0 N–H and O–H groups in total. The molecule has 0 amide bonds. The van der Waals surface area contributed by atoms with Crippen LogP contribution in [0.25, 0.3) is 21.5 Å². The van der Waals surface area contributed by atoms with E-state index in [0.29, 0.717) is 12.1 Å². The van der Waals surface area contributed by atoms with Crippen LogP contribution >= 0.6 is 0 Å². The van der Waals surface area contributed by atoms with E-state index < -0.39 is 0 Å². The van der Waals surface area contributed by atoms with Gasteiger partial charge in [0.2, 0.25) is 0 Å². The monoisotopic (exact) mass is 683 g/mol. The van der Waals surface area contributed by atoms with Gasteiger partial charge in [-0.2, -0.15) is 18.2 Å². The van der Waals surface area contributed by atoms with E-state index in [4.69, 9.17) is 0 Å². The second-order valence-corrected chi connectivity index (χ2v) is 12.1. The van der Waals surface area contributed by atoms with E-state index in [2.05, 4.69) is 143 Å². The largest absolute Gasteiger partial charge is 0.214 e. The van der Waals surface area contributed by atoms with Crippen LogP contribution in [-0.4, -0.2) is 15.3 Å². The van der Waals surface area contributed by atoms with Gasteiger partial charge >= 0.3 is 99.2 Å². The van der Waals surface area contributed by atoms with Gasteiger partial charge in [0.05, 0.1) is 0 Å². The van der Waals surface area contributed by atoms with E-state index in [1.54, 1.807) is 0 Å². The topological polar surface area (TPSA) is 3.24 Å². The molecular formula is C39H41Cl2NZr-2.